The molecule has 104 valence electrons. The largest absolute Gasteiger partial charge is 0.312 e. The number of piperidine rings is 1. The van der Waals surface area contributed by atoms with Crippen LogP contribution < -0.4 is 5.32 Å². The van der Waals surface area contributed by atoms with Crippen molar-refractivity contribution in [3.05, 3.63) is 34.9 Å². The van der Waals surface area contributed by atoms with E-state index in [1.807, 2.05) is 12.1 Å². The molecule has 1 aromatic rings. The molecular weight excluding hydrogens is 256 g/mol. The first-order valence-electron chi connectivity index (χ1n) is 7.55. The normalized spacial score (nSPS) is 28.7. The highest BCUT2D eigenvalue weighted by molar-refractivity contribution is 6.30. The molecule has 2 unspecified atom stereocenters. The van der Waals surface area contributed by atoms with Crippen LogP contribution in [0.25, 0.3) is 0 Å². The summed E-state index contributed by atoms with van der Waals surface area (Å²) in [6.45, 7) is 3.52. The maximum atomic E-state index is 5.96. The summed E-state index contributed by atoms with van der Waals surface area (Å²) in [4.78, 5) is 2.68. The van der Waals surface area contributed by atoms with Gasteiger partial charge in [0.25, 0.3) is 0 Å². The molecule has 2 heterocycles. The average Bonchev–Trinajstić information content (AvgIpc) is 2.96. The molecule has 0 bridgehead atoms. The van der Waals surface area contributed by atoms with Crippen LogP contribution in [-0.2, 0) is 6.54 Å². The summed E-state index contributed by atoms with van der Waals surface area (Å²) < 4.78 is 0. The quantitative estimate of drug-likeness (QED) is 0.911. The fourth-order valence-electron chi connectivity index (χ4n) is 3.53. The van der Waals surface area contributed by atoms with Crippen molar-refractivity contribution in [2.24, 2.45) is 0 Å². The first-order chi connectivity index (χ1) is 9.33. The minimum absolute atomic E-state index is 0.715. The number of hydrogen-bond acceptors (Lipinski definition) is 2. The lowest BCUT2D eigenvalue weighted by Crippen LogP contribution is -2.49. The molecule has 2 fully saturated rings. The van der Waals surface area contributed by atoms with Crippen LogP contribution in [-0.4, -0.2) is 30.1 Å². The Bertz CT molecular complexity index is 398. The van der Waals surface area contributed by atoms with Crippen LogP contribution in [0.3, 0.4) is 0 Å². The van der Waals surface area contributed by atoms with Crippen LogP contribution in [0.4, 0.5) is 0 Å². The van der Waals surface area contributed by atoms with E-state index in [-0.39, 0.29) is 0 Å². The molecule has 2 saturated heterocycles. The molecule has 19 heavy (non-hydrogen) atoms. The van der Waals surface area contributed by atoms with Crippen LogP contribution in [0.2, 0.25) is 5.02 Å². The van der Waals surface area contributed by atoms with Crippen LogP contribution in [0.15, 0.2) is 24.3 Å². The van der Waals surface area contributed by atoms with Gasteiger partial charge in [-0.05, 0) is 56.5 Å². The van der Waals surface area contributed by atoms with Gasteiger partial charge in [0, 0.05) is 23.7 Å². The Balaban J connectivity index is 1.67. The second-order valence-electron chi connectivity index (χ2n) is 5.86. The third-order valence-electron chi connectivity index (χ3n) is 4.53. The van der Waals surface area contributed by atoms with Crippen molar-refractivity contribution in [1.29, 1.82) is 0 Å². The number of halogens is 1. The van der Waals surface area contributed by atoms with Gasteiger partial charge in [-0.1, -0.05) is 30.2 Å². The monoisotopic (exact) mass is 278 g/mol. The Hall–Kier alpha value is -0.570. The topological polar surface area (TPSA) is 15.3 Å². The third-order valence-corrected chi connectivity index (χ3v) is 4.78. The molecule has 3 heteroatoms. The molecule has 1 aromatic carbocycles. The lowest BCUT2D eigenvalue weighted by atomic mass is 9.94. The molecular formula is C16H23ClN2. The van der Waals surface area contributed by atoms with Crippen molar-refractivity contribution in [3.63, 3.8) is 0 Å². The number of hydrogen-bond donors (Lipinski definition) is 1. The Morgan fingerprint density at radius 3 is 2.68 bits per heavy atom. The fraction of sp³-hybridized carbons (Fsp3) is 0.625. The first kappa shape index (κ1) is 13.4. The number of nitrogens with zero attached hydrogens (tertiary/aromatic N) is 1. The van der Waals surface area contributed by atoms with Gasteiger partial charge in [0.1, 0.15) is 0 Å². The highest BCUT2D eigenvalue weighted by Gasteiger charge is 2.31. The zero-order chi connectivity index (χ0) is 13.1. The summed E-state index contributed by atoms with van der Waals surface area (Å²) in [6, 6.07) is 9.78. The molecule has 1 N–H and O–H groups in total. The van der Waals surface area contributed by atoms with Crippen LogP contribution in [0.1, 0.15) is 37.7 Å². The maximum absolute atomic E-state index is 5.96. The van der Waals surface area contributed by atoms with Crippen molar-refractivity contribution in [2.45, 2.75) is 50.7 Å². The van der Waals surface area contributed by atoms with Crippen molar-refractivity contribution < 1.29 is 0 Å². The predicted molar refractivity (Wildman–Crippen MR) is 80.5 cm³/mol. The molecule has 3 rings (SSSR count). The van der Waals surface area contributed by atoms with E-state index in [4.69, 9.17) is 11.6 Å². The van der Waals surface area contributed by atoms with Gasteiger partial charge in [-0.3, -0.25) is 4.90 Å². The van der Waals surface area contributed by atoms with Crippen LogP contribution >= 0.6 is 11.6 Å². The summed E-state index contributed by atoms with van der Waals surface area (Å²) in [6.07, 6.45) is 6.78. The fourth-order valence-corrected chi connectivity index (χ4v) is 3.66. The van der Waals surface area contributed by atoms with Crippen molar-refractivity contribution >= 4 is 11.6 Å². The standard InChI is InChI=1S/C16H23ClN2/c17-14-8-6-13(7-9-14)12-19-11-2-1-5-16(19)15-4-3-10-18-15/h6-9,15-16,18H,1-5,10-12H2. The molecule has 2 aliphatic rings. The summed E-state index contributed by atoms with van der Waals surface area (Å²) in [5, 5.41) is 4.52. The highest BCUT2D eigenvalue weighted by atomic mass is 35.5. The number of benzene rings is 1. The van der Waals surface area contributed by atoms with E-state index < -0.39 is 0 Å². The summed E-state index contributed by atoms with van der Waals surface area (Å²) in [7, 11) is 0. The molecule has 0 aliphatic carbocycles. The van der Waals surface area contributed by atoms with E-state index in [9.17, 15) is 0 Å². The lowest BCUT2D eigenvalue weighted by Gasteiger charge is -2.39. The van der Waals surface area contributed by atoms with E-state index in [2.05, 4.69) is 22.3 Å². The van der Waals surface area contributed by atoms with Crippen LogP contribution in [0.5, 0.6) is 0 Å². The van der Waals surface area contributed by atoms with Crippen molar-refractivity contribution in [1.82, 2.24) is 10.2 Å². The van der Waals surface area contributed by atoms with Crippen molar-refractivity contribution in [3.8, 4) is 0 Å². The predicted octanol–water partition coefficient (Wildman–Crippen LogP) is 3.45. The smallest absolute Gasteiger partial charge is 0.0406 e. The molecule has 0 spiro atoms. The van der Waals surface area contributed by atoms with E-state index in [0.29, 0.717) is 6.04 Å². The van der Waals surface area contributed by atoms with E-state index in [0.717, 1.165) is 17.6 Å². The molecule has 0 radical (unpaired) electrons. The van der Waals surface area contributed by atoms with E-state index >= 15 is 0 Å². The van der Waals surface area contributed by atoms with Gasteiger partial charge >= 0.3 is 0 Å². The van der Waals surface area contributed by atoms with Gasteiger partial charge in [-0.2, -0.15) is 0 Å². The molecule has 0 saturated carbocycles. The van der Waals surface area contributed by atoms with Crippen molar-refractivity contribution in [2.75, 3.05) is 13.1 Å². The molecule has 2 aliphatic heterocycles. The van der Waals surface area contributed by atoms with Crippen LogP contribution in [0, 0.1) is 0 Å². The third kappa shape index (κ3) is 3.31. The minimum atomic E-state index is 0.715. The second-order valence-corrected chi connectivity index (χ2v) is 6.30. The SMILES string of the molecule is Clc1ccc(CN2CCCCC2C2CCCN2)cc1. The number of rotatable bonds is 3. The maximum Gasteiger partial charge on any atom is 0.0406 e. The minimum Gasteiger partial charge on any atom is -0.312 e. The Morgan fingerprint density at radius 1 is 1.11 bits per heavy atom. The molecule has 0 amide bonds. The summed E-state index contributed by atoms with van der Waals surface area (Å²) in [5.74, 6) is 0. The second kappa shape index (κ2) is 6.25. The highest BCUT2D eigenvalue weighted by Crippen LogP contribution is 2.26. The number of nitrogens with one attached hydrogen (secondary N) is 1. The Kier molecular flexibility index (Phi) is 4.42. The average molecular weight is 279 g/mol. The summed E-state index contributed by atoms with van der Waals surface area (Å²) >= 11 is 5.96. The van der Waals surface area contributed by atoms with Gasteiger partial charge < -0.3 is 5.32 Å². The summed E-state index contributed by atoms with van der Waals surface area (Å²) in [5.41, 5.74) is 1.38. The van der Waals surface area contributed by atoms with Gasteiger partial charge in [0.2, 0.25) is 0 Å². The van der Waals surface area contributed by atoms with E-state index in [1.54, 1.807) is 0 Å². The first-order valence-corrected chi connectivity index (χ1v) is 7.92. The Morgan fingerprint density at radius 2 is 1.95 bits per heavy atom. The van der Waals surface area contributed by atoms with Gasteiger partial charge in [-0.25, -0.2) is 0 Å². The zero-order valence-corrected chi connectivity index (χ0v) is 12.2. The van der Waals surface area contributed by atoms with Gasteiger partial charge in [0.05, 0.1) is 0 Å². The molecule has 2 atom stereocenters. The zero-order valence-electron chi connectivity index (χ0n) is 11.4. The molecule has 2 nitrogen and oxygen atoms in total. The van der Waals surface area contributed by atoms with Gasteiger partial charge in [0.15, 0.2) is 0 Å². The number of likely N-dealkylation sites (tertiary alicyclic amines) is 1. The lowest BCUT2D eigenvalue weighted by molar-refractivity contribution is 0.112. The molecule has 0 aromatic heterocycles. The van der Waals surface area contributed by atoms with E-state index in [1.165, 1.54) is 50.8 Å². The van der Waals surface area contributed by atoms with Gasteiger partial charge in [-0.15, -0.1) is 0 Å². The Labute approximate surface area is 121 Å².